The van der Waals surface area contributed by atoms with Gasteiger partial charge in [-0.1, -0.05) is 54.6 Å². The highest BCUT2D eigenvalue weighted by Gasteiger charge is 2.23. The first-order valence-electron chi connectivity index (χ1n) is 8.15. The van der Waals surface area contributed by atoms with Crippen molar-refractivity contribution in [3.8, 4) is 0 Å². The van der Waals surface area contributed by atoms with Gasteiger partial charge in [-0.25, -0.2) is 8.42 Å². The van der Waals surface area contributed by atoms with Gasteiger partial charge in [-0.15, -0.1) is 11.6 Å². The summed E-state index contributed by atoms with van der Waals surface area (Å²) in [5.74, 6) is 0. The van der Waals surface area contributed by atoms with E-state index in [0.717, 1.165) is 5.56 Å². The van der Waals surface area contributed by atoms with Gasteiger partial charge in [-0.2, -0.15) is 4.31 Å². The molecule has 0 N–H and O–H groups in total. The van der Waals surface area contributed by atoms with Gasteiger partial charge in [0.1, 0.15) is 5.21 Å². The average Bonchev–Trinajstić information content (AvgIpc) is 2.68. The normalized spacial score (nSPS) is 11.8. The van der Waals surface area contributed by atoms with Gasteiger partial charge in [-0.3, -0.25) is 10.1 Å². The van der Waals surface area contributed by atoms with E-state index in [0.29, 0.717) is 16.3 Å². The summed E-state index contributed by atoms with van der Waals surface area (Å²) < 4.78 is 26.3. The Morgan fingerprint density at radius 1 is 0.889 bits per heavy atom. The van der Waals surface area contributed by atoms with Gasteiger partial charge in [0, 0.05) is 19.2 Å². The second-order valence-corrected chi connectivity index (χ2v) is 8.57. The minimum atomic E-state index is -3.69. The number of hydrogen-bond acceptors (Lipinski definition) is 4. The highest BCUT2D eigenvalue weighted by molar-refractivity contribution is 7.90. The third-order valence-electron chi connectivity index (χ3n) is 4.27. The Morgan fingerprint density at radius 2 is 1.56 bits per heavy atom. The molecule has 0 atom stereocenters. The lowest BCUT2D eigenvalue weighted by atomic mass is 10.0. The molecular formula is C19H17ClN2O4S. The topological polar surface area (TPSA) is 80.5 Å². The van der Waals surface area contributed by atoms with Gasteiger partial charge in [0.25, 0.3) is 5.69 Å². The highest BCUT2D eigenvalue weighted by atomic mass is 35.5. The van der Waals surface area contributed by atoms with Crippen LogP contribution in [0.25, 0.3) is 10.8 Å². The van der Waals surface area contributed by atoms with Gasteiger partial charge in [0.05, 0.1) is 10.3 Å². The largest absolute Gasteiger partial charge is 0.277 e. The van der Waals surface area contributed by atoms with Crippen LogP contribution in [0.15, 0.2) is 66.7 Å². The lowest BCUT2D eigenvalue weighted by Crippen LogP contribution is -2.31. The summed E-state index contributed by atoms with van der Waals surface area (Å²) in [4.78, 5) is 10.8. The van der Waals surface area contributed by atoms with Crippen molar-refractivity contribution in [3.05, 3.63) is 88.0 Å². The van der Waals surface area contributed by atoms with E-state index >= 15 is 0 Å². The van der Waals surface area contributed by atoms with Crippen molar-refractivity contribution in [2.24, 2.45) is 0 Å². The minimum Gasteiger partial charge on any atom is -0.258 e. The molecule has 0 aliphatic heterocycles. The fraction of sp³-hybridized carbons (Fsp3) is 0.158. The molecule has 6 nitrogen and oxygen atoms in total. The maximum atomic E-state index is 12.5. The summed E-state index contributed by atoms with van der Waals surface area (Å²) in [6.45, 7) is 0.240. The van der Waals surface area contributed by atoms with Crippen LogP contribution in [0.4, 0.5) is 5.69 Å². The van der Waals surface area contributed by atoms with Crippen LogP contribution in [0, 0.1) is 10.1 Å². The van der Waals surface area contributed by atoms with Gasteiger partial charge >= 0.3 is 0 Å². The zero-order valence-corrected chi connectivity index (χ0v) is 15.9. The van der Waals surface area contributed by atoms with E-state index in [2.05, 4.69) is 0 Å². The summed E-state index contributed by atoms with van der Waals surface area (Å²) in [6.07, 6.45) is 0. The van der Waals surface area contributed by atoms with E-state index in [-0.39, 0.29) is 18.8 Å². The Hall–Kier alpha value is -2.48. The Morgan fingerprint density at radius 3 is 2.22 bits per heavy atom. The summed E-state index contributed by atoms with van der Waals surface area (Å²) in [7, 11) is -3.69. The smallest absolute Gasteiger partial charge is 0.258 e. The molecule has 0 saturated carbocycles. The number of sulfonamides is 1. The van der Waals surface area contributed by atoms with Crippen molar-refractivity contribution in [2.75, 3.05) is 5.21 Å². The number of non-ortho nitro benzene ring substituents is 1. The third kappa shape index (κ3) is 4.27. The molecule has 0 aliphatic rings. The van der Waals surface area contributed by atoms with Crippen molar-refractivity contribution in [2.45, 2.75) is 13.1 Å². The zero-order chi connectivity index (χ0) is 19.4. The second-order valence-electron chi connectivity index (χ2n) is 6.02. The molecule has 0 spiro atoms. The standard InChI is InChI=1S/C19H17ClN2O4S/c20-14-27(25,26)21(12-15-6-2-1-3-7-15)13-16-8-4-10-18-17(16)9-5-11-19(18)22(23)24/h1-11H,12-14H2. The number of alkyl halides is 1. The Balaban J connectivity index is 2.04. The zero-order valence-electron chi connectivity index (χ0n) is 14.3. The molecule has 0 fully saturated rings. The van der Waals surface area contributed by atoms with Gasteiger partial charge in [-0.05, 0) is 22.6 Å². The van der Waals surface area contributed by atoms with Crippen LogP contribution in [-0.2, 0) is 23.1 Å². The fourth-order valence-electron chi connectivity index (χ4n) is 2.95. The van der Waals surface area contributed by atoms with Crippen molar-refractivity contribution >= 4 is 38.1 Å². The molecule has 3 aromatic rings. The van der Waals surface area contributed by atoms with Crippen molar-refractivity contribution in [1.82, 2.24) is 4.31 Å². The summed E-state index contributed by atoms with van der Waals surface area (Å²) in [6, 6.07) is 19.1. The molecule has 8 heteroatoms. The van der Waals surface area contributed by atoms with Crippen LogP contribution in [0.3, 0.4) is 0 Å². The summed E-state index contributed by atoms with van der Waals surface area (Å²) in [5, 5.41) is 11.9. The Kier molecular flexibility index (Phi) is 5.74. The molecular weight excluding hydrogens is 388 g/mol. The molecule has 0 aromatic heterocycles. The molecule has 0 saturated heterocycles. The van der Waals surface area contributed by atoms with Crippen molar-refractivity contribution in [1.29, 1.82) is 0 Å². The number of nitro benzene ring substituents is 1. The molecule has 0 amide bonds. The number of fused-ring (bicyclic) bond motifs is 1. The van der Waals surface area contributed by atoms with E-state index in [1.54, 1.807) is 30.3 Å². The predicted octanol–water partition coefficient (Wildman–Crippen LogP) is 4.28. The van der Waals surface area contributed by atoms with E-state index in [1.807, 2.05) is 30.3 Å². The van der Waals surface area contributed by atoms with Crippen LogP contribution in [0.2, 0.25) is 0 Å². The van der Waals surface area contributed by atoms with E-state index in [1.165, 1.54) is 10.4 Å². The first-order valence-corrected chi connectivity index (χ1v) is 10.3. The summed E-state index contributed by atoms with van der Waals surface area (Å²) >= 11 is 5.69. The van der Waals surface area contributed by atoms with Crippen LogP contribution in [0.1, 0.15) is 11.1 Å². The first-order chi connectivity index (χ1) is 12.9. The Bertz CT molecular complexity index is 1070. The van der Waals surface area contributed by atoms with E-state index in [9.17, 15) is 18.5 Å². The molecule has 27 heavy (non-hydrogen) atoms. The molecule has 3 aromatic carbocycles. The Labute approximate surface area is 162 Å². The number of nitro groups is 1. The van der Waals surface area contributed by atoms with Gasteiger partial charge in [0.15, 0.2) is 0 Å². The average molecular weight is 405 g/mol. The van der Waals surface area contributed by atoms with E-state index in [4.69, 9.17) is 11.6 Å². The van der Waals surface area contributed by atoms with Crippen LogP contribution in [0.5, 0.6) is 0 Å². The predicted molar refractivity (Wildman–Crippen MR) is 106 cm³/mol. The number of benzene rings is 3. The van der Waals surface area contributed by atoms with Crippen molar-refractivity contribution < 1.29 is 13.3 Å². The van der Waals surface area contributed by atoms with Gasteiger partial charge in [0.2, 0.25) is 10.0 Å². The molecule has 0 unspecified atom stereocenters. The van der Waals surface area contributed by atoms with Crippen LogP contribution < -0.4 is 0 Å². The maximum Gasteiger partial charge on any atom is 0.277 e. The minimum absolute atomic E-state index is 0.0100. The third-order valence-corrected chi connectivity index (χ3v) is 6.41. The number of halogens is 1. The van der Waals surface area contributed by atoms with Gasteiger partial charge < -0.3 is 0 Å². The van der Waals surface area contributed by atoms with E-state index < -0.39 is 20.2 Å². The SMILES string of the molecule is O=[N+]([O-])c1cccc2c(CN(Cc3ccccc3)S(=O)(=O)CCl)cccc12. The molecule has 0 aliphatic carbocycles. The molecule has 0 bridgehead atoms. The maximum absolute atomic E-state index is 12.5. The monoisotopic (exact) mass is 404 g/mol. The molecule has 0 radical (unpaired) electrons. The van der Waals surface area contributed by atoms with Crippen LogP contribution in [-0.4, -0.2) is 22.9 Å². The molecule has 3 rings (SSSR count). The quantitative estimate of drug-likeness (QED) is 0.334. The summed E-state index contributed by atoms with van der Waals surface area (Å²) in [5.41, 5.74) is 1.50. The second kappa shape index (κ2) is 8.04. The van der Waals surface area contributed by atoms with Crippen LogP contribution >= 0.6 is 11.6 Å². The molecule has 140 valence electrons. The fourth-order valence-corrected chi connectivity index (χ4v) is 4.19. The first kappa shape index (κ1) is 19.3. The lowest BCUT2D eigenvalue weighted by molar-refractivity contribution is -0.383. The molecule has 0 heterocycles. The number of nitrogens with zero attached hydrogens (tertiary/aromatic N) is 2. The van der Waals surface area contributed by atoms with Crippen molar-refractivity contribution in [3.63, 3.8) is 0 Å². The lowest BCUT2D eigenvalue weighted by Gasteiger charge is -2.22. The highest BCUT2D eigenvalue weighted by Crippen LogP contribution is 2.29. The number of rotatable bonds is 7. The number of hydrogen-bond donors (Lipinski definition) is 0.